The minimum atomic E-state index is -0.738. The Kier molecular flexibility index (Phi) is 7.39. The zero-order chi connectivity index (χ0) is 27.8. The van der Waals surface area contributed by atoms with Crippen molar-refractivity contribution in [3.8, 4) is 17.0 Å². The molecular formula is C27H31F3N6O2. The van der Waals surface area contributed by atoms with Crippen molar-refractivity contribution in [3.05, 3.63) is 59.5 Å². The molecule has 8 nitrogen and oxygen atoms in total. The predicted octanol–water partition coefficient (Wildman–Crippen LogP) is 5.59. The molecule has 1 unspecified atom stereocenters. The third kappa shape index (κ3) is 5.61. The van der Waals surface area contributed by atoms with Crippen molar-refractivity contribution in [1.82, 2.24) is 14.9 Å². The second-order valence-corrected chi connectivity index (χ2v) is 10.1. The molecule has 2 heterocycles. The number of aromatic nitrogens is 2. The van der Waals surface area contributed by atoms with Crippen molar-refractivity contribution in [1.29, 1.82) is 0 Å². The Bertz CT molecular complexity index is 1370. The topological polar surface area (TPSA) is 96.6 Å². The molecule has 202 valence electrons. The minimum Gasteiger partial charge on any atom is -0.481 e. The van der Waals surface area contributed by atoms with Gasteiger partial charge in [0.25, 0.3) is 0 Å². The van der Waals surface area contributed by atoms with Gasteiger partial charge in [0.15, 0.2) is 17.4 Å². The second-order valence-electron chi connectivity index (χ2n) is 10.1. The Hall–Kier alpha value is -4.02. The second kappa shape index (κ2) is 10.4. The van der Waals surface area contributed by atoms with Crippen LogP contribution in [-0.4, -0.2) is 46.1 Å². The molecule has 0 saturated carbocycles. The van der Waals surface area contributed by atoms with Gasteiger partial charge in [-0.25, -0.2) is 27.9 Å². The molecule has 1 atom stereocenters. The van der Waals surface area contributed by atoms with E-state index < -0.39 is 29.1 Å². The van der Waals surface area contributed by atoms with Crippen molar-refractivity contribution in [2.24, 2.45) is 5.73 Å². The number of nitrogens with one attached hydrogen (secondary N) is 1. The van der Waals surface area contributed by atoms with Crippen molar-refractivity contribution in [3.63, 3.8) is 0 Å². The summed E-state index contributed by atoms with van der Waals surface area (Å²) in [4.78, 5) is 22.7. The van der Waals surface area contributed by atoms with Crippen LogP contribution in [0.25, 0.3) is 11.3 Å². The van der Waals surface area contributed by atoms with E-state index in [1.165, 1.54) is 30.1 Å². The predicted molar refractivity (Wildman–Crippen MR) is 140 cm³/mol. The van der Waals surface area contributed by atoms with Crippen LogP contribution in [0.15, 0.2) is 36.5 Å². The normalized spacial score (nSPS) is 14.9. The highest BCUT2D eigenvalue weighted by atomic mass is 19.1. The number of fused-ring (bicyclic) bond motifs is 1. The summed E-state index contributed by atoms with van der Waals surface area (Å²) < 4.78 is 50.7. The van der Waals surface area contributed by atoms with E-state index in [1.54, 1.807) is 12.1 Å². The number of urea groups is 1. The van der Waals surface area contributed by atoms with E-state index in [0.29, 0.717) is 17.9 Å². The van der Waals surface area contributed by atoms with Crippen LogP contribution in [0, 0.1) is 17.5 Å². The van der Waals surface area contributed by atoms with Gasteiger partial charge in [-0.1, -0.05) is 13.0 Å². The van der Waals surface area contributed by atoms with E-state index >= 15 is 4.39 Å². The van der Waals surface area contributed by atoms with Crippen LogP contribution in [-0.2, 0) is 6.54 Å². The van der Waals surface area contributed by atoms with Crippen LogP contribution < -0.4 is 20.7 Å². The number of hydrogen-bond acceptors (Lipinski definition) is 6. The van der Waals surface area contributed by atoms with E-state index in [-0.39, 0.29) is 41.1 Å². The Morgan fingerprint density at radius 3 is 2.61 bits per heavy atom. The Morgan fingerprint density at radius 1 is 1.21 bits per heavy atom. The molecule has 0 fully saturated rings. The summed E-state index contributed by atoms with van der Waals surface area (Å²) >= 11 is 0. The van der Waals surface area contributed by atoms with Gasteiger partial charge < -0.3 is 25.6 Å². The number of carbonyl (C=O) groups excluding carboxylic acids is 1. The SMILES string of the molecule is CCC(C)N1CC(C)(C)Oc2c(F)cc(-c3nc(Nc4ccc(CN(C)C(N)=O)c(F)c4)ncc3F)cc21. The fourth-order valence-corrected chi connectivity index (χ4v) is 4.29. The van der Waals surface area contributed by atoms with E-state index in [0.717, 1.165) is 12.6 Å². The smallest absolute Gasteiger partial charge is 0.314 e. The van der Waals surface area contributed by atoms with Gasteiger partial charge in [-0.2, -0.15) is 0 Å². The third-order valence-electron chi connectivity index (χ3n) is 6.50. The van der Waals surface area contributed by atoms with Gasteiger partial charge in [-0.3, -0.25) is 0 Å². The number of ether oxygens (including phenoxy) is 1. The van der Waals surface area contributed by atoms with Gasteiger partial charge in [-0.05, 0) is 51.5 Å². The summed E-state index contributed by atoms with van der Waals surface area (Å²) in [5, 5.41) is 2.85. The average molecular weight is 529 g/mol. The van der Waals surface area contributed by atoms with Crippen LogP contribution in [0.3, 0.4) is 0 Å². The van der Waals surface area contributed by atoms with Crippen LogP contribution in [0.1, 0.15) is 39.7 Å². The lowest BCUT2D eigenvalue weighted by Gasteiger charge is -2.44. The van der Waals surface area contributed by atoms with Gasteiger partial charge in [0.2, 0.25) is 5.95 Å². The number of primary amides is 1. The number of halogens is 3. The Morgan fingerprint density at radius 2 is 1.95 bits per heavy atom. The summed E-state index contributed by atoms with van der Waals surface area (Å²) in [6.45, 7) is 8.41. The summed E-state index contributed by atoms with van der Waals surface area (Å²) in [7, 11) is 1.46. The number of nitrogens with two attached hydrogens (primary N) is 1. The molecule has 3 aromatic rings. The minimum absolute atomic E-state index is 0.00269. The first-order chi connectivity index (χ1) is 17.9. The summed E-state index contributed by atoms with van der Waals surface area (Å²) in [5.74, 6) is -1.81. The number of benzene rings is 2. The summed E-state index contributed by atoms with van der Waals surface area (Å²) in [6.07, 6.45) is 1.80. The average Bonchev–Trinajstić information content (AvgIpc) is 2.85. The molecule has 4 rings (SSSR count). The lowest BCUT2D eigenvalue weighted by molar-refractivity contribution is 0.0960. The van der Waals surface area contributed by atoms with Crippen molar-refractivity contribution >= 4 is 23.4 Å². The molecule has 3 N–H and O–H groups in total. The highest BCUT2D eigenvalue weighted by Gasteiger charge is 2.36. The third-order valence-corrected chi connectivity index (χ3v) is 6.50. The van der Waals surface area contributed by atoms with E-state index in [1.807, 2.05) is 27.7 Å². The van der Waals surface area contributed by atoms with Gasteiger partial charge >= 0.3 is 6.03 Å². The molecule has 0 saturated heterocycles. The maximum Gasteiger partial charge on any atom is 0.314 e. The maximum absolute atomic E-state index is 15.3. The van der Waals surface area contributed by atoms with Gasteiger partial charge in [0, 0.05) is 36.4 Å². The molecule has 0 spiro atoms. The highest BCUT2D eigenvalue weighted by molar-refractivity contribution is 5.74. The lowest BCUT2D eigenvalue weighted by Crippen LogP contribution is -2.50. The van der Waals surface area contributed by atoms with Crippen LogP contribution >= 0.6 is 0 Å². The maximum atomic E-state index is 15.3. The van der Waals surface area contributed by atoms with Crippen LogP contribution in [0.2, 0.25) is 0 Å². The van der Waals surface area contributed by atoms with E-state index in [9.17, 15) is 13.6 Å². The molecule has 2 amide bonds. The van der Waals surface area contributed by atoms with Crippen LogP contribution in [0.5, 0.6) is 5.75 Å². The van der Waals surface area contributed by atoms with Crippen LogP contribution in [0.4, 0.5) is 35.3 Å². The molecule has 1 aliphatic heterocycles. The molecule has 0 bridgehead atoms. The molecule has 11 heteroatoms. The van der Waals surface area contributed by atoms with Gasteiger partial charge in [0.1, 0.15) is 17.1 Å². The quantitative estimate of drug-likeness (QED) is 0.415. The molecule has 1 aliphatic rings. The molecule has 0 radical (unpaired) electrons. The molecule has 0 aliphatic carbocycles. The zero-order valence-corrected chi connectivity index (χ0v) is 22.0. The Balaban J connectivity index is 1.66. The lowest BCUT2D eigenvalue weighted by atomic mass is 10.00. The number of amides is 2. The van der Waals surface area contributed by atoms with Crippen molar-refractivity contribution < 1.29 is 22.7 Å². The monoisotopic (exact) mass is 528 g/mol. The Labute approximate surface area is 219 Å². The van der Waals surface area contributed by atoms with Gasteiger partial charge in [0.05, 0.1) is 18.4 Å². The number of anilines is 3. The fraction of sp³-hybridized carbons (Fsp3) is 0.370. The molecule has 1 aromatic heterocycles. The van der Waals surface area contributed by atoms with E-state index in [2.05, 4.69) is 20.2 Å². The van der Waals surface area contributed by atoms with Crippen molar-refractivity contribution in [2.75, 3.05) is 23.8 Å². The molecule has 2 aromatic carbocycles. The highest BCUT2D eigenvalue weighted by Crippen LogP contribution is 2.43. The summed E-state index contributed by atoms with van der Waals surface area (Å²) in [6, 6.07) is 6.54. The van der Waals surface area contributed by atoms with Gasteiger partial charge in [-0.15, -0.1) is 0 Å². The molecule has 38 heavy (non-hydrogen) atoms. The van der Waals surface area contributed by atoms with Crippen molar-refractivity contribution in [2.45, 2.75) is 52.3 Å². The number of hydrogen-bond donors (Lipinski definition) is 2. The first-order valence-electron chi connectivity index (χ1n) is 12.3. The number of rotatable bonds is 7. The zero-order valence-electron chi connectivity index (χ0n) is 22.0. The number of carbonyl (C=O) groups is 1. The number of nitrogens with zero attached hydrogens (tertiary/aromatic N) is 4. The standard InChI is InChI=1S/C27H31F3N6O2/c1-6-15(2)36-14-27(3,4)38-24-20(29)9-17(10-22(24)36)23-21(30)12-32-26(34-23)33-18-8-7-16(19(28)11-18)13-35(5)25(31)37/h7-12,15H,6,13-14H2,1-5H3,(H2,31,37)(H,32,33,34). The first kappa shape index (κ1) is 27.0. The molecular weight excluding hydrogens is 497 g/mol. The van der Waals surface area contributed by atoms with E-state index in [4.69, 9.17) is 10.5 Å². The first-order valence-corrected chi connectivity index (χ1v) is 12.3. The fourth-order valence-electron chi connectivity index (χ4n) is 4.29. The largest absolute Gasteiger partial charge is 0.481 e. The summed E-state index contributed by atoms with van der Waals surface area (Å²) in [5.41, 5.74) is 5.80.